The third-order valence-corrected chi connectivity index (χ3v) is 8.88. The number of anilines is 1. The van der Waals surface area contributed by atoms with Crippen molar-refractivity contribution >= 4 is 40.0 Å². The number of hydrogen-bond acceptors (Lipinski definition) is 7. The number of amides is 1. The molecule has 0 aliphatic heterocycles. The Morgan fingerprint density at radius 1 is 1.22 bits per heavy atom. The molecule has 2 aliphatic carbocycles. The Kier molecular flexibility index (Phi) is 7.81. The normalized spacial score (nSPS) is 18.4. The first-order chi connectivity index (χ1) is 18.0. The number of thiophene rings is 1. The zero-order chi connectivity index (χ0) is 25.9. The smallest absolute Gasteiger partial charge is 0.341 e. The van der Waals surface area contributed by atoms with Crippen LogP contribution in [0.1, 0.15) is 77.1 Å². The van der Waals surface area contributed by atoms with E-state index in [0.717, 1.165) is 43.5 Å². The van der Waals surface area contributed by atoms with Crippen LogP contribution >= 0.6 is 23.1 Å². The number of hydrogen-bond donors (Lipinski definition) is 1. The molecule has 1 N–H and O–H groups in total. The number of aryl methyl sites for hydroxylation is 1. The topological polar surface area (TPSA) is 86.1 Å². The number of allylic oxidation sites excluding steroid dienone is 1. The van der Waals surface area contributed by atoms with Crippen LogP contribution in [-0.4, -0.2) is 38.5 Å². The predicted molar refractivity (Wildman–Crippen MR) is 148 cm³/mol. The van der Waals surface area contributed by atoms with Crippen LogP contribution in [0.5, 0.6) is 0 Å². The number of nitrogens with one attached hydrogen (secondary N) is 1. The summed E-state index contributed by atoms with van der Waals surface area (Å²) in [5, 5.41) is 13.2. The SMILES string of the molecule is C=CCn1c(SCC(=O)Nc2sc3c(c2C(=O)OC(C)C)CCCC3)nnc1C1CC1c1ccccc1. The number of aromatic nitrogens is 3. The van der Waals surface area contributed by atoms with E-state index in [1.54, 1.807) is 0 Å². The van der Waals surface area contributed by atoms with Crippen molar-refractivity contribution in [2.24, 2.45) is 0 Å². The van der Waals surface area contributed by atoms with Crippen LogP contribution in [0.2, 0.25) is 0 Å². The molecule has 9 heteroatoms. The second-order valence-corrected chi connectivity index (χ2v) is 11.9. The van der Waals surface area contributed by atoms with Crippen LogP contribution in [0, 0.1) is 0 Å². The van der Waals surface area contributed by atoms with Gasteiger partial charge in [0, 0.05) is 17.3 Å². The van der Waals surface area contributed by atoms with Crippen molar-refractivity contribution in [2.45, 2.75) is 75.6 Å². The van der Waals surface area contributed by atoms with Gasteiger partial charge in [0.2, 0.25) is 5.91 Å². The summed E-state index contributed by atoms with van der Waals surface area (Å²) >= 11 is 2.86. The van der Waals surface area contributed by atoms with Crippen LogP contribution in [-0.2, 0) is 28.9 Å². The van der Waals surface area contributed by atoms with Crippen molar-refractivity contribution in [3.8, 4) is 0 Å². The molecule has 1 aromatic carbocycles. The maximum atomic E-state index is 13.0. The van der Waals surface area contributed by atoms with E-state index in [4.69, 9.17) is 4.74 Å². The average molecular weight is 537 g/mol. The fourth-order valence-electron chi connectivity index (χ4n) is 4.97. The van der Waals surface area contributed by atoms with Crippen LogP contribution in [0.15, 0.2) is 48.1 Å². The van der Waals surface area contributed by atoms with E-state index in [2.05, 4.69) is 50.9 Å². The summed E-state index contributed by atoms with van der Waals surface area (Å²) < 4.78 is 7.57. The van der Waals surface area contributed by atoms with E-state index in [9.17, 15) is 9.59 Å². The second-order valence-electron chi connectivity index (χ2n) is 9.81. The van der Waals surface area contributed by atoms with E-state index in [0.29, 0.717) is 34.1 Å². The van der Waals surface area contributed by atoms with E-state index in [-0.39, 0.29) is 23.7 Å². The quantitative estimate of drug-likeness (QED) is 0.195. The molecular formula is C28H32N4O3S2. The van der Waals surface area contributed by atoms with Crippen molar-refractivity contribution in [3.63, 3.8) is 0 Å². The summed E-state index contributed by atoms with van der Waals surface area (Å²) in [5.74, 6) is 1.36. The highest BCUT2D eigenvalue weighted by Crippen LogP contribution is 2.54. The molecule has 2 unspecified atom stereocenters. The molecule has 1 fully saturated rings. The monoisotopic (exact) mass is 536 g/mol. The number of fused-ring (bicyclic) bond motifs is 1. The molecule has 1 saturated carbocycles. The largest absolute Gasteiger partial charge is 0.459 e. The van der Waals surface area contributed by atoms with E-state index >= 15 is 0 Å². The number of esters is 1. The first-order valence-corrected chi connectivity index (χ1v) is 14.6. The lowest BCUT2D eigenvalue weighted by Gasteiger charge is -2.14. The first-order valence-electron chi connectivity index (χ1n) is 12.8. The fourth-order valence-corrected chi connectivity index (χ4v) is 7.01. The molecule has 5 rings (SSSR count). The Balaban J connectivity index is 1.28. The van der Waals surface area contributed by atoms with E-state index in [1.807, 2.05) is 26.0 Å². The van der Waals surface area contributed by atoms with Gasteiger partial charge in [-0.25, -0.2) is 4.79 Å². The minimum Gasteiger partial charge on any atom is -0.459 e. The van der Waals surface area contributed by atoms with Gasteiger partial charge in [0.25, 0.3) is 0 Å². The fraction of sp³-hybridized carbons (Fsp3) is 0.429. The Labute approximate surface area is 225 Å². The number of nitrogens with zero attached hydrogens (tertiary/aromatic N) is 3. The van der Waals surface area contributed by atoms with Crippen LogP contribution < -0.4 is 5.32 Å². The molecule has 194 valence electrons. The minimum atomic E-state index is -0.356. The van der Waals surface area contributed by atoms with Gasteiger partial charge in [-0.05, 0) is 63.0 Å². The first kappa shape index (κ1) is 25.7. The summed E-state index contributed by atoms with van der Waals surface area (Å²) in [6.07, 6.45) is 6.58. The number of rotatable bonds is 10. The zero-order valence-corrected chi connectivity index (χ0v) is 22.9. The molecule has 0 saturated heterocycles. The van der Waals surface area contributed by atoms with Gasteiger partial charge in [-0.3, -0.25) is 4.79 Å². The maximum Gasteiger partial charge on any atom is 0.341 e. The lowest BCUT2D eigenvalue weighted by molar-refractivity contribution is -0.113. The van der Waals surface area contributed by atoms with Gasteiger partial charge in [-0.2, -0.15) is 0 Å². The summed E-state index contributed by atoms with van der Waals surface area (Å²) in [7, 11) is 0. The summed E-state index contributed by atoms with van der Waals surface area (Å²) in [4.78, 5) is 27.1. The number of thioether (sulfide) groups is 1. The average Bonchev–Trinajstić information content (AvgIpc) is 3.44. The van der Waals surface area contributed by atoms with Crippen molar-refractivity contribution in [2.75, 3.05) is 11.1 Å². The lowest BCUT2D eigenvalue weighted by atomic mass is 9.95. The van der Waals surface area contributed by atoms with Gasteiger partial charge in [-0.1, -0.05) is 48.2 Å². The Morgan fingerprint density at radius 2 is 2.00 bits per heavy atom. The van der Waals surface area contributed by atoms with E-state index < -0.39 is 0 Å². The number of carbonyl (C=O) groups excluding carboxylic acids is 2. The number of ether oxygens (including phenoxy) is 1. The number of benzene rings is 1. The highest BCUT2D eigenvalue weighted by molar-refractivity contribution is 7.99. The number of carbonyl (C=O) groups is 2. The summed E-state index contributed by atoms with van der Waals surface area (Å²) in [6, 6.07) is 10.5. The second kappa shape index (κ2) is 11.2. The van der Waals surface area contributed by atoms with Gasteiger partial charge in [0.1, 0.15) is 10.8 Å². The Hall–Kier alpha value is -2.91. The molecule has 1 amide bonds. The van der Waals surface area contributed by atoms with Crippen LogP contribution in [0.3, 0.4) is 0 Å². The lowest BCUT2D eigenvalue weighted by Crippen LogP contribution is -2.19. The van der Waals surface area contributed by atoms with Crippen molar-refractivity contribution in [1.29, 1.82) is 0 Å². The van der Waals surface area contributed by atoms with Gasteiger partial charge in [0.05, 0.1) is 17.4 Å². The van der Waals surface area contributed by atoms with Crippen molar-refractivity contribution < 1.29 is 14.3 Å². The predicted octanol–water partition coefficient (Wildman–Crippen LogP) is 5.97. The molecule has 3 aromatic rings. The molecule has 2 atom stereocenters. The third-order valence-electron chi connectivity index (χ3n) is 6.71. The molecule has 37 heavy (non-hydrogen) atoms. The molecule has 2 heterocycles. The van der Waals surface area contributed by atoms with Crippen molar-refractivity contribution in [1.82, 2.24) is 14.8 Å². The molecule has 0 spiro atoms. The molecular weight excluding hydrogens is 504 g/mol. The van der Waals surface area contributed by atoms with Crippen LogP contribution in [0.4, 0.5) is 5.00 Å². The van der Waals surface area contributed by atoms with Gasteiger partial charge in [-0.15, -0.1) is 28.1 Å². The van der Waals surface area contributed by atoms with Gasteiger partial charge < -0.3 is 14.6 Å². The molecule has 7 nitrogen and oxygen atoms in total. The van der Waals surface area contributed by atoms with Crippen LogP contribution in [0.25, 0.3) is 0 Å². The Morgan fingerprint density at radius 3 is 2.76 bits per heavy atom. The third kappa shape index (κ3) is 5.67. The van der Waals surface area contributed by atoms with Gasteiger partial charge >= 0.3 is 5.97 Å². The molecule has 2 aromatic heterocycles. The zero-order valence-electron chi connectivity index (χ0n) is 21.2. The van der Waals surface area contributed by atoms with Gasteiger partial charge in [0.15, 0.2) is 5.16 Å². The summed E-state index contributed by atoms with van der Waals surface area (Å²) in [5.41, 5.74) is 2.89. The summed E-state index contributed by atoms with van der Waals surface area (Å²) in [6.45, 7) is 8.16. The molecule has 0 radical (unpaired) electrons. The Bertz CT molecular complexity index is 1300. The molecule has 0 bridgehead atoms. The maximum absolute atomic E-state index is 13.0. The highest BCUT2D eigenvalue weighted by atomic mass is 32.2. The van der Waals surface area contributed by atoms with Crippen molar-refractivity contribution in [3.05, 3.63) is 70.4 Å². The van der Waals surface area contributed by atoms with E-state index in [1.165, 1.54) is 33.5 Å². The standard InChI is InChI=1S/C28H32N4O3S2/c1-4-14-32-25(21-15-20(21)18-10-6-5-7-11-18)30-31-28(32)36-16-23(33)29-26-24(27(34)35-17(2)3)19-12-8-9-13-22(19)37-26/h4-7,10-11,17,20-21H,1,8-9,12-16H2,2-3H3,(H,29,33). The highest BCUT2D eigenvalue weighted by Gasteiger charge is 2.43. The molecule has 2 aliphatic rings. The minimum absolute atomic E-state index is 0.170.